The summed E-state index contributed by atoms with van der Waals surface area (Å²) in [5, 5.41) is 0. The van der Waals surface area contributed by atoms with Gasteiger partial charge in [-0.1, -0.05) is 34.6 Å². The Bertz CT molecular complexity index is 164. The molecule has 1 heteroatoms. The van der Waals surface area contributed by atoms with Gasteiger partial charge >= 0.3 is 0 Å². The molecule has 1 fully saturated rings. The van der Waals surface area contributed by atoms with Crippen molar-refractivity contribution >= 4 is 0 Å². The van der Waals surface area contributed by atoms with Crippen LogP contribution < -0.4 is 5.73 Å². The average Bonchev–Trinajstić information content (AvgIpc) is 2.26. The number of hydrogen-bond donors (Lipinski definition) is 1. The van der Waals surface area contributed by atoms with Crippen molar-refractivity contribution in [3.05, 3.63) is 0 Å². The zero-order valence-electron chi connectivity index (χ0n) is 9.80. The largest absolute Gasteiger partial charge is 0.327 e. The second-order valence-electron chi connectivity index (χ2n) is 5.57. The molecule has 1 rings (SSSR count). The molecule has 0 spiro atoms. The van der Waals surface area contributed by atoms with Crippen LogP contribution in [0.5, 0.6) is 0 Å². The van der Waals surface area contributed by atoms with Crippen molar-refractivity contribution in [2.75, 3.05) is 0 Å². The lowest BCUT2D eigenvalue weighted by Gasteiger charge is -2.42. The quantitative estimate of drug-likeness (QED) is 0.699. The van der Waals surface area contributed by atoms with E-state index >= 15 is 0 Å². The second kappa shape index (κ2) is 3.61. The minimum atomic E-state index is 0.402. The molecule has 0 aliphatic heterocycles. The average molecular weight is 183 g/mol. The maximum absolute atomic E-state index is 6.31. The van der Waals surface area contributed by atoms with Crippen molar-refractivity contribution in [2.24, 2.45) is 28.9 Å². The minimum absolute atomic E-state index is 0.402. The highest BCUT2D eigenvalue weighted by Gasteiger charge is 2.48. The third-order valence-corrected chi connectivity index (χ3v) is 4.20. The van der Waals surface area contributed by atoms with Crippen molar-refractivity contribution in [1.82, 2.24) is 0 Å². The van der Waals surface area contributed by atoms with Crippen LogP contribution in [0.1, 0.15) is 47.5 Å². The molecular weight excluding hydrogens is 158 g/mol. The summed E-state index contributed by atoms with van der Waals surface area (Å²) < 4.78 is 0. The van der Waals surface area contributed by atoms with Gasteiger partial charge < -0.3 is 5.73 Å². The summed E-state index contributed by atoms with van der Waals surface area (Å²) in [5.74, 6) is 2.25. The maximum Gasteiger partial charge on any atom is 0.0103 e. The van der Waals surface area contributed by atoms with Gasteiger partial charge in [0.05, 0.1) is 0 Å². The fourth-order valence-corrected chi connectivity index (χ4v) is 3.49. The van der Waals surface area contributed by atoms with Crippen LogP contribution in [0.4, 0.5) is 0 Å². The monoisotopic (exact) mass is 183 g/mol. The van der Waals surface area contributed by atoms with Gasteiger partial charge in [-0.3, -0.25) is 0 Å². The van der Waals surface area contributed by atoms with E-state index < -0.39 is 0 Å². The van der Waals surface area contributed by atoms with E-state index in [-0.39, 0.29) is 0 Å². The first-order valence-electron chi connectivity index (χ1n) is 5.66. The van der Waals surface area contributed by atoms with Gasteiger partial charge in [-0.15, -0.1) is 0 Å². The molecule has 1 aliphatic rings. The van der Waals surface area contributed by atoms with E-state index in [1.54, 1.807) is 0 Å². The molecule has 1 nitrogen and oxygen atoms in total. The van der Waals surface area contributed by atoms with E-state index in [4.69, 9.17) is 5.73 Å². The molecule has 0 saturated heterocycles. The Kier molecular flexibility index (Phi) is 3.06. The highest BCUT2D eigenvalue weighted by atomic mass is 14.7. The number of nitrogens with two attached hydrogens (primary N) is 1. The van der Waals surface area contributed by atoms with Gasteiger partial charge in [0.25, 0.3) is 0 Å². The Morgan fingerprint density at radius 3 is 1.77 bits per heavy atom. The normalized spacial score (nSPS) is 33.2. The van der Waals surface area contributed by atoms with Crippen molar-refractivity contribution in [2.45, 2.75) is 53.5 Å². The summed E-state index contributed by atoms with van der Waals surface area (Å²) in [6.45, 7) is 11.7. The van der Waals surface area contributed by atoms with Gasteiger partial charge in [0, 0.05) is 6.04 Å². The molecule has 0 aromatic carbocycles. The molecule has 0 amide bonds. The standard InChI is InChI=1S/C12H25N/c1-8(2)12(9(3)4)7-10(5)6-11(12)13/h8-11H,6-7,13H2,1-5H3/t10?,11-/m1/s1. The zero-order valence-corrected chi connectivity index (χ0v) is 9.80. The van der Waals surface area contributed by atoms with Crippen molar-refractivity contribution in [3.8, 4) is 0 Å². The minimum Gasteiger partial charge on any atom is -0.327 e. The van der Waals surface area contributed by atoms with Crippen LogP contribution in [-0.4, -0.2) is 6.04 Å². The summed E-state index contributed by atoms with van der Waals surface area (Å²) in [5.41, 5.74) is 6.71. The van der Waals surface area contributed by atoms with Crippen molar-refractivity contribution in [1.29, 1.82) is 0 Å². The van der Waals surface area contributed by atoms with E-state index in [2.05, 4.69) is 34.6 Å². The van der Waals surface area contributed by atoms with Crippen LogP contribution in [0.15, 0.2) is 0 Å². The lowest BCUT2D eigenvalue weighted by atomic mass is 9.65. The van der Waals surface area contributed by atoms with E-state index in [1.807, 2.05) is 0 Å². The predicted molar refractivity (Wildman–Crippen MR) is 58.5 cm³/mol. The van der Waals surface area contributed by atoms with Crippen molar-refractivity contribution in [3.63, 3.8) is 0 Å². The molecule has 2 atom stereocenters. The van der Waals surface area contributed by atoms with Crippen molar-refractivity contribution < 1.29 is 0 Å². The van der Waals surface area contributed by atoms with Gasteiger partial charge in [0.2, 0.25) is 0 Å². The molecule has 1 aliphatic carbocycles. The summed E-state index contributed by atoms with van der Waals surface area (Å²) in [6, 6.07) is 0.419. The Labute approximate surface area is 83.1 Å². The Morgan fingerprint density at radius 1 is 1.15 bits per heavy atom. The van der Waals surface area contributed by atoms with Crippen LogP contribution >= 0.6 is 0 Å². The topological polar surface area (TPSA) is 26.0 Å². The second-order valence-corrected chi connectivity index (χ2v) is 5.57. The molecule has 0 aromatic heterocycles. The van der Waals surface area contributed by atoms with E-state index in [9.17, 15) is 0 Å². The first kappa shape index (κ1) is 11.0. The third kappa shape index (κ3) is 1.63. The summed E-state index contributed by atoms with van der Waals surface area (Å²) in [4.78, 5) is 0. The van der Waals surface area contributed by atoms with Gasteiger partial charge in [0.15, 0.2) is 0 Å². The lowest BCUT2D eigenvalue weighted by molar-refractivity contribution is 0.0947. The molecule has 0 radical (unpaired) electrons. The Balaban J connectivity index is 2.91. The predicted octanol–water partition coefficient (Wildman–Crippen LogP) is 3.04. The summed E-state index contributed by atoms with van der Waals surface area (Å²) >= 11 is 0. The third-order valence-electron chi connectivity index (χ3n) is 4.20. The molecule has 2 N–H and O–H groups in total. The highest BCUT2D eigenvalue weighted by Crippen LogP contribution is 2.51. The van der Waals surface area contributed by atoms with Gasteiger partial charge in [0.1, 0.15) is 0 Å². The van der Waals surface area contributed by atoms with Gasteiger partial charge in [-0.25, -0.2) is 0 Å². The smallest absolute Gasteiger partial charge is 0.0103 e. The fourth-order valence-electron chi connectivity index (χ4n) is 3.49. The van der Waals surface area contributed by atoms with Gasteiger partial charge in [-0.2, -0.15) is 0 Å². The number of rotatable bonds is 2. The van der Waals surface area contributed by atoms with Gasteiger partial charge in [-0.05, 0) is 36.0 Å². The van der Waals surface area contributed by atoms with E-state index in [1.165, 1.54) is 12.8 Å². The number of hydrogen-bond acceptors (Lipinski definition) is 1. The first-order valence-corrected chi connectivity index (χ1v) is 5.66. The molecule has 0 aromatic rings. The van der Waals surface area contributed by atoms with Crippen LogP contribution in [0.2, 0.25) is 0 Å². The molecule has 0 bridgehead atoms. The Hall–Kier alpha value is -0.0400. The lowest BCUT2D eigenvalue weighted by Crippen LogP contribution is -2.45. The fraction of sp³-hybridized carbons (Fsp3) is 1.00. The molecule has 0 heterocycles. The summed E-state index contributed by atoms with van der Waals surface area (Å²) in [6.07, 6.45) is 2.54. The SMILES string of the molecule is CC1C[C@@H](N)C(C(C)C)(C(C)C)C1. The van der Waals surface area contributed by atoms with E-state index in [0.29, 0.717) is 23.3 Å². The zero-order chi connectivity index (χ0) is 10.2. The molecular formula is C12H25N. The maximum atomic E-state index is 6.31. The molecule has 78 valence electrons. The van der Waals surface area contributed by atoms with Crippen LogP contribution in [0, 0.1) is 23.2 Å². The molecule has 13 heavy (non-hydrogen) atoms. The summed E-state index contributed by atoms with van der Waals surface area (Å²) in [7, 11) is 0. The molecule has 1 saturated carbocycles. The van der Waals surface area contributed by atoms with Crippen LogP contribution in [0.25, 0.3) is 0 Å². The van der Waals surface area contributed by atoms with Crippen LogP contribution in [0.3, 0.4) is 0 Å². The highest BCUT2D eigenvalue weighted by molar-refractivity contribution is 5.00. The van der Waals surface area contributed by atoms with E-state index in [0.717, 1.165) is 5.92 Å². The Morgan fingerprint density at radius 2 is 1.62 bits per heavy atom. The molecule has 1 unspecified atom stereocenters. The van der Waals surface area contributed by atoms with Crippen LogP contribution in [-0.2, 0) is 0 Å². The first-order chi connectivity index (χ1) is 5.91.